The predicted octanol–water partition coefficient (Wildman–Crippen LogP) is 3.62. The molecule has 3 aliphatic rings. The van der Waals surface area contributed by atoms with Crippen LogP contribution in [-0.2, 0) is 40.7 Å². The molecule has 0 amide bonds. The van der Waals surface area contributed by atoms with Gasteiger partial charge in [-0.1, -0.05) is 36.4 Å². The summed E-state index contributed by atoms with van der Waals surface area (Å²) in [4.78, 5) is 53.2. The van der Waals surface area contributed by atoms with Crippen LogP contribution in [0.2, 0.25) is 0 Å². The van der Waals surface area contributed by atoms with Crippen molar-refractivity contribution in [1.82, 2.24) is 9.88 Å². The highest BCUT2D eigenvalue weighted by atomic mass is 16.7. The summed E-state index contributed by atoms with van der Waals surface area (Å²) < 4.78 is 19.5. The first-order valence-corrected chi connectivity index (χ1v) is 17.8. The average molecular weight is 739 g/mol. The van der Waals surface area contributed by atoms with Gasteiger partial charge in [0.15, 0.2) is 23.6 Å². The Morgan fingerprint density at radius 1 is 0.981 bits per heavy atom. The van der Waals surface area contributed by atoms with Gasteiger partial charge in [0, 0.05) is 68.2 Å². The number of aliphatic hydroxyl groups excluding tert-OH is 1. The molecule has 6 atom stereocenters. The maximum absolute atomic E-state index is 13.9. The van der Waals surface area contributed by atoms with Crippen molar-refractivity contribution in [2.45, 2.75) is 82.3 Å². The fraction of sp³-hybridized carbons (Fsp3) is 0.366. The van der Waals surface area contributed by atoms with Gasteiger partial charge in [0.1, 0.15) is 22.8 Å². The van der Waals surface area contributed by atoms with Crippen LogP contribution >= 0.6 is 0 Å². The van der Waals surface area contributed by atoms with Crippen LogP contribution in [-0.4, -0.2) is 85.4 Å². The number of hydrogen-bond donors (Lipinski definition) is 5. The molecule has 13 heteroatoms. The van der Waals surface area contributed by atoms with Gasteiger partial charge in [-0.15, -0.1) is 0 Å². The zero-order valence-electron chi connectivity index (χ0n) is 30.3. The van der Waals surface area contributed by atoms with E-state index in [0.717, 1.165) is 11.1 Å². The van der Waals surface area contributed by atoms with Gasteiger partial charge in [-0.05, 0) is 43.2 Å². The van der Waals surface area contributed by atoms with Gasteiger partial charge in [0.2, 0.25) is 5.78 Å². The Hall–Kier alpha value is -5.18. The van der Waals surface area contributed by atoms with Crippen molar-refractivity contribution in [2.24, 2.45) is 7.05 Å². The molecule has 1 aliphatic heterocycles. The number of aromatic hydroxyl groups is 2. The van der Waals surface area contributed by atoms with Crippen LogP contribution in [0.15, 0.2) is 60.8 Å². The summed E-state index contributed by atoms with van der Waals surface area (Å²) in [6.07, 6.45) is -2.58. The van der Waals surface area contributed by atoms with Crippen molar-refractivity contribution in [3.8, 4) is 17.2 Å². The SMILES string of the molecule is COc1cccc2c1C(=O)c1c(O)c3c(c(O)c1C2=O)C[C@@](O)(C(C)=O)CC3OC1CC(NCc2ccc(CC(=O)c3cccn3C)cc2)C(O)C(C)O1. The lowest BCUT2D eigenvalue weighted by atomic mass is 9.72. The maximum atomic E-state index is 13.9. The molecule has 1 saturated heterocycles. The van der Waals surface area contributed by atoms with Crippen LogP contribution in [0.3, 0.4) is 0 Å². The molecule has 5 N–H and O–H groups in total. The van der Waals surface area contributed by atoms with Crippen LogP contribution in [0.1, 0.15) is 97.4 Å². The Kier molecular flexibility index (Phi) is 9.79. The number of carbonyl (C=O) groups is 4. The first kappa shape index (κ1) is 37.1. The number of nitrogens with zero attached hydrogens (tertiary/aromatic N) is 1. The van der Waals surface area contributed by atoms with E-state index >= 15 is 0 Å². The van der Waals surface area contributed by atoms with E-state index in [0.29, 0.717) is 12.2 Å². The van der Waals surface area contributed by atoms with E-state index in [2.05, 4.69) is 5.32 Å². The van der Waals surface area contributed by atoms with Crippen LogP contribution in [0.5, 0.6) is 17.2 Å². The van der Waals surface area contributed by atoms with Crippen molar-refractivity contribution in [3.63, 3.8) is 0 Å². The molecule has 282 valence electrons. The standard InChI is InChI=1S/C41H42N2O11/c1-20-36(46)26(42-19-23-12-10-22(11-13-23)15-28(45)27-8-6-14-43(27)3)16-31(53-20)54-30-18-41(51,21(2)44)17-25-33(30)40(50)35-34(38(25)48)37(47)24-7-5-9-29(52-4)32(24)39(35)49/h5-14,20,26,30-31,36,42,46,48,50-51H,15-19H2,1-4H3/t20?,26?,30?,31?,36?,41-/m0/s1. The number of aliphatic hydroxyl groups is 2. The zero-order chi connectivity index (χ0) is 38.6. The minimum atomic E-state index is -2.05. The fourth-order valence-electron chi connectivity index (χ4n) is 7.88. The summed E-state index contributed by atoms with van der Waals surface area (Å²) >= 11 is 0. The van der Waals surface area contributed by atoms with Crippen molar-refractivity contribution < 1.29 is 53.8 Å². The summed E-state index contributed by atoms with van der Waals surface area (Å²) in [5, 5.41) is 49.4. The van der Waals surface area contributed by atoms with Crippen LogP contribution in [0, 0.1) is 0 Å². The van der Waals surface area contributed by atoms with Crippen molar-refractivity contribution in [2.75, 3.05) is 7.11 Å². The molecular formula is C41H42N2O11. The summed E-state index contributed by atoms with van der Waals surface area (Å²) in [5.74, 6) is -3.23. The number of carbonyl (C=O) groups excluding carboxylic acids is 4. The van der Waals surface area contributed by atoms with Crippen LogP contribution in [0.25, 0.3) is 0 Å². The maximum Gasteiger partial charge on any atom is 0.202 e. The van der Waals surface area contributed by atoms with Gasteiger partial charge in [-0.2, -0.15) is 0 Å². The van der Waals surface area contributed by atoms with Crippen LogP contribution < -0.4 is 10.1 Å². The topological polar surface area (TPSA) is 194 Å². The monoisotopic (exact) mass is 738 g/mol. The van der Waals surface area contributed by atoms with E-state index < -0.39 is 82.6 Å². The van der Waals surface area contributed by atoms with E-state index in [1.807, 2.05) is 43.6 Å². The highest BCUT2D eigenvalue weighted by molar-refractivity contribution is 6.31. The second kappa shape index (κ2) is 14.2. The third-order valence-corrected chi connectivity index (χ3v) is 10.9. The smallest absolute Gasteiger partial charge is 0.202 e. The Labute approximate surface area is 311 Å². The second-order valence-corrected chi connectivity index (χ2v) is 14.4. The number of hydrogen-bond acceptors (Lipinski definition) is 12. The van der Waals surface area contributed by atoms with Gasteiger partial charge in [0.25, 0.3) is 0 Å². The number of ether oxygens (including phenoxy) is 3. The fourth-order valence-corrected chi connectivity index (χ4v) is 7.88. The number of aromatic nitrogens is 1. The average Bonchev–Trinajstić information content (AvgIpc) is 3.58. The lowest BCUT2D eigenvalue weighted by Gasteiger charge is -2.43. The normalized spacial score (nSPS) is 24.7. The molecule has 3 aromatic carbocycles. The number of rotatable bonds is 10. The predicted molar refractivity (Wildman–Crippen MR) is 193 cm³/mol. The van der Waals surface area contributed by atoms with E-state index in [1.165, 1.54) is 32.2 Å². The summed E-state index contributed by atoms with van der Waals surface area (Å²) in [6, 6.07) is 15.1. The molecule has 5 unspecified atom stereocenters. The molecule has 0 spiro atoms. The Morgan fingerprint density at radius 3 is 2.35 bits per heavy atom. The highest BCUT2D eigenvalue weighted by Gasteiger charge is 2.49. The third kappa shape index (κ3) is 6.41. The zero-order valence-corrected chi connectivity index (χ0v) is 30.3. The number of phenolic OH excluding ortho intramolecular Hbond substituents is 2. The van der Waals surface area contributed by atoms with E-state index in [4.69, 9.17) is 14.2 Å². The lowest BCUT2D eigenvalue weighted by Crippen LogP contribution is -2.54. The van der Waals surface area contributed by atoms with E-state index in [-0.39, 0.29) is 53.0 Å². The number of aryl methyl sites for hydroxylation is 1. The molecule has 4 aromatic rings. The molecular weight excluding hydrogens is 696 g/mol. The first-order chi connectivity index (χ1) is 25.7. The number of Topliss-reactive ketones (excluding diaryl/α,β-unsaturated/α-hetero) is 2. The number of fused-ring (bicyclic) bond motifs is 3. The molecule has 0 radical (unpaired) electrons. The van der Waals surface area contributed by atoms with Gasteiger partial charge in [0.05, 0.1) is 47.8 Å². The molecule has 13 nitrogen and oxygen atoms in total. The number of benzene rings is 3. The molecule has 1 fully saturated rings. The number of phenols is 2. The van der Waals surface area contributed by atoms with E-state index in [1.54, 1.807) is 17.6 Å². The molecule has 54 heavy (non-hydrogen) atoms. The molecule has 1 aromatic heterocycles. The van der Waals surface area contributed by atoms with Gasteiger partial charge >= 0.3 is 0 Å². The Bertz CT molecular complexity index is 2170. The Balaban J connectivity index is 1.13. The molecule has 2 heterocycles. The van der Waals surface area contributed by atoms with Gasteiger partial charge < -0.3 is 44.5 Å². The highest BCUT2D eigenvalue weighted by Crippen LogP contribution is 2.52. The minimum absolute atomic E-state index is 0.00938. The molecule has 0 saturated carbocycles. The second-order valence-electron chi connectivity index (χ2n) is 14.4. The quantitative estimate of drug-likeness (QED) is 0.103. The Morgan fingerprint density at radius 2 is 1.69 bits per heavy atom. The van der Waals surface area contributed by atoms with Gasteiger partial charge in [-0.25, -0.2) is 0 Å². The van der Waals surface area contributed by atoms with Crippen LogP contribution in [0.4, 0.5) is 0 Å². The number of ketones is 4. The van der Waals surface area contributed by atoms with Gasteiger partial charge in [-0.3, -0.25) is 19.2 Å². The van der Waals surface area contributed by atoms with Crippen molar-refractivity contribution in [3.05, 3.63) is 111 Å². The largest absolute Gasteiger partial charge is 0.507 e. The molecule has 7 rings (SSSR count). The summed E-state index contributed by atoms with van der Waals surface area (Å²) in [6.45, 7) is 3.23. The molecule has 0 bridgehead atoms. The first-order valence-electron chi connectivity index (χ1n) is 17.8. The summed E-state index contributed by atoms with van der Waals surface area (Å²) in [7, 11) is 3.17. The number of methoxy groups -OCH3 is 1. The minimum Gasteiger partial charge on any atom is -0.507 e. The third-order valence-electron chi connectivity index (χ3n) is 10.9. The summed E-state index contributed by atoms with van der Waals surface area (Å²) in [5.41, 5.74) is -0.754. The van der Waals surface area contributed by atoms with E-state index in [9.17, 15) is 39.6 Å². The van der Waals surface area contributed by atoms with Crippen molar-refractivity contribution >= 4 is 23.1 Å². The number of nitrogens with one attached hydrogen (secondary N) is 1. The lowest BCUT2D eigenvalue weighted by molar-refractivity contribution is -0.249. The molecule has 2 aliphatic carbocycles. The van der Waals surface area contributed by atoms with Crippen molar-refractivity contribution in [1.29, 1.82) is 0 Å².